The van der Waals surface area contributed by atoms with Crippen molar-refractivity contribution >= 4 is 17.7 Å². The number of nitrogens with zero attached hydrogens (tertiary/aromatic N) is 1. The molecule has 0 radical (unpaired) electrons. The third-order valence-electron chi connectivity index (χ3n) is 3.61. The number of ether oxygens (including phenoxy) is 3. The van der Waals surface area contributed by atoms with Gasteiger partial charge in [-0.25, -0.2) is 4.79 Å². The minimum atomic E-state index is -0.979. The predicted molar refractivity (Wildman–Crippen MR) is 100 cm³/mol. The van der Waals surface area contributed by atoms with E-state index in [0.717, 1.165) is 0 Å². The lowest BCUT2D eigenvalue weighted by atomic mass is 10.2. The predicted octanol–water partition coefficient (Wildman–Crippen LogP) is 2.08. The van der Waals surface area contributed by atoms with E-state index in [1.54, 1.807) is 59.9 Å². The van der Waals surface area contributed by atoms with Crippen molar-refractivity contribution in [3.8, 4) is 11.5 Å². The number of anilines is 1. The van der Waals surface area contributed by atoms with Gasteiger partial charge in [-0.1, -0.05) is 0 Å². The Balaban J connectivity index is 2.13. The van der Waals surface area contributed by atoms with Gasteiger partial charge in [0.05, 0.1) is 11.3 Å². The summed E-state index contributed by atoms with van der Waals surface area (Å²) in [6, 6.07) is 4.17. The van der Waals surface area contributed by atoms with Crippen LogP contribution in [0.3, 0.4) is 0 Å². The summed E-state index contributed by atoms with van der Waals surface area (Å²) in [6.07, 6.45) is -0.682. The van der Waals surface area contributed by atoms with E-state index in [4.69, 9.17) is 14.2 Å². The van der Waals surface area contributed by atoms with Gasteiger partial charge in [0.1, 0.15) is 36.4 Å². The number of fused-ring (bicyclic) bond motifs is 1. The highest BCUT2D eigenvalue weighted by Crippen LogP contribution is 2.34. The topological polar surface area (TPSA) is 97.3 Å². The highest BCUT2D eigenvalue weighted by molar-refractivity contribution is 6.00. The molecule has 2 rings (SSSR count). The molecular weight excluding hydrogens is 352 g/mol. The summed E-state index contributed by atoms with van der Waals surface area (Å²) in [5, 5.41) is 12.3. The monoisotopic (exact) mass is 380 g/mol. The van der Waals surface area contributed by atoms with E-state index in [2.05, 4.69) is 5.32 Å². The minimum Gasteiger partial charge on any atom is -0.491 e. The van der Waals surface area contributed by atoms with Gasteiger partial charge in [-0.15, -0.1) is 0 Å². The maximum atomic E-state index is 12.7. The molecule has 27 heavy (non-hydrogen) atoms. The number of benzene rings is 1. The summed E-state index contributed by atoms with van der Waals surface area (Å²) < 4.78 is 16.5. The van der Waals surface area contributed by atoms with E-state index in [1.165, 1.54) is 4.90 Å². The molecule has 0 saturated carbocycles. The summed E-state index contributed by atoms with van der Waals surface area (Å²) in [5.41, 5.74) is -1.13. The lowest BCUT2D eigenvalue weighted by molar-refractivity contribution is -0.120. The second-order valence-corrected chi connectivity index (χ2v) is 8.14. The number of carbonyl (C=O) groups excluding carboxylic acids is 2. The smallest absolute Gasteiger partial charge is 0.408 e. The first-order valence-electron chi connectivity index (χ1n) is 8.75. The maximum absolute atomic E-state index is 12.7. The zero-order valence-electron chi connectivity index (χ0n) is 16.7. The van der Waals surface area contributed by atoms with Crippen molar-refractivity contribution in [2.75, 3.05) is 25.2 Å². The molecule has 0 unspecified atom stereocenters. The number of amides is 2. The van der Waals surface area contributed by atoms with Gasteiger partial charge in [-0.3, -0.25) is 4.79 Å². The fourth-order valence-electron chi connectivity index (χ4n) is 2.38. The molecule has 2 amide bonds. The molecule has 1 aromatic rings. The summed E-state index contributed by atoms with van der Waals surface area (Å²) in [6.45, 7) is 8.61. The molecule has 8 nitrogen and oxygen atoms in total. The maximum Gasteiger partial charge on any atom is 0.408 e. The molecule has 1 aliphatic heterocycles. The fraction of sp³-hybridized carbons (Fsp3) is 0.579. The van der Waals surface area contributed by atoms with Crippen LogP contribution >= 0.6 is 0 Å². The highest BCUT2D eigenvalue weighted by Gasteiger charge is 2.32. The van der Waals surface area contributed by atoms with E-state index in [1.807, 2.05) is 0 Å². The number of hydrogen-bond acceptors (Lipinski definition) is 6. The van der Waals surface area contributed by atoms with Crippen LogP contribution in [0, 0.1) is 0 Å². The van der Waals surface area contributed by atoms with Crippen molar-refractivity contribution < 1.29 is 28.9 Å². The van der Waals surface area contributed by atoms with Crippen LogP contribution < -0.4 is 19.7 Å². The molecule has 0 fully saturated rings. The fourth-order valence-corrected chi connectivity index (χ4v) is 2.38. The third-order valence-corrected chi connectivity index (χ3v) is 3.61. The molecule has 1 aromatic carbocycles. The van der Waals surface area contributed by atoms with Gasteiger partial charge in [-0.2, -0.15) is 0 Å². The number of aliphatic hydroxyl groups is 1. The molecule has 0 bridgehead atoms. The van der Waals surface area contributed by atoms with Crippen LogP contribution in [0.2, 0.25) is 0 Å². The number of carbonyl (C=O) groups is 2. The molecule has 0 aromatic heterocycles. The lowest BCUT2D eigenvalue weighted by Gasteiger charge is -2.24. The van der Waals surface area contributed by atoms with Gasteiger partial charge < -0.3 is 29.5 Å². The zero-order valence-corrected chi connectivity index (χ0v) is 16.7. The first-order chi connectivity index (χ1) is 12.4. The molecule has 0 saturated heterocycles. The first-order valence-corrected chi connectivity index (χ1v) is 8.75. The van der Waals surface area contributed by atoms with Crippen molar-refractivity contribution in [3.63, 3.8) is 0 Å². The Hall–Kier alpha value is -2.48. The summed E-state index contributed by atoms with van der Waals surface area (Å²) in [7, 11) is 1.60. The molecule has 1 atom stereocenters. The normalized spacial score (nSPS) is 17.5. The van der Waals surface area contributed by atoms with Gasteiger partial charge in [-0.05, 0) is 46.8 Å². The van der Waals surface area contributed by atoms with E-state index < -0.39 is 23.3 Å². The second-order valence-electron chi connectivity index (χ2n) is 8.14. The minimum absolute atomic E-state index is 0.0146. The average Bonchev–Trinajstić information content (AvgIpc) is 2.63. The van der Waals surface area contributed by atoms with E-state index >= 15 is 0 Å². The Bertz CT molecular complexity index is 705. The Labute approximate surface area is 159 Å². The van der Waals surface area contributed by atoms with Crippen molar-refractivity contribution in [1.29, 1.82) is 0 Å². The van der Waals surface area contributed by atoms with Crippen LogP contribution in [-0.2, 0) is 9.53 Å². The van der Waals surface area contributed by atoms with Crippen molar-refractivity contribution in [3.05, 3.63) is 18.2 Å². The van der Waals surface area contributed by atoms with Crippen LogP contribution in [0.5, 0.6) is 11.5 Å². The van der Waals surface area contributed by atoms with Crippen molar-refractivity contribution in [2.45, 2.75) is 51.9 Å². The van der Waals surface area contributed by atoms with Crippen molar-refractivity contribution in [1.82, 2.24) is 5.32 Å². The molecule has 8 heteroatoms. The van der Waals surface area contributed by atoms with E-state index in [-0.39, 0.29) is 19.1 Å². The standard InChI is InChI=1S/C19H28N2O6/c1-18(2,3)27-17(23)20-13-10-25-15-8-7-12(26-11-19(4,5)24)9-14(15)21(6)16(13)22/h7-9,13,24H,10-11H2,1-6H3,(H,20,23)/t13-/m0/s1. The Morgan fingerprint density at radius 3 is 2.59 bits per heavy atom. The summed E-state index contributed by atoms with van der Waals surface area (Å²) >= 11 is 0. The van der Waals surface area contributed by atoms with Crippen LogP contribution in [0.15, 0.2) is 18.2 Å². The second kappa shape index (κ2) is 7.64. The molecule has 1 heterocycles. The molecule has 2 N–H and O–H groups in total. The summed E-state index contributed by atoms with van der Waals surface area (Å²) in [5.74, 6) is 0.659. The molecule has 0 spiro atoms. The van der Waals surface area contributed by atoms with Crippen LogP contribution in [-0.4, -0.2) is 54.6 Å². The summed E-state index contributed by atoms with van der Waals surface area (Å²) in [4.78, 5) is 26.1. The SMILES string of the molecule is CN1C(=O)[C@@H](NC(=O)OC(C)(C)C)COc2ccc(OCC(C)(C)O)cc21. The van der Waals surface area contributed by atoms with Crippen molar-refractivity contribution in [2.24, 2.45) is 0 Å². The number of alkyl carbamates (subject to hydrolysis) is 1. The van der Waals surface area contributed by atoms with Crippen LogP contribution in [0.4, 0.5) is 10.5 Å². The zero-order chi connectivity index (χ0) is 20.4. The highest BCUT2D eigenvalue weighted by atomic mass is 16.6. The molecule has 1 aliphatic rings. The number of hydrogen-bond donors (Lipinski definition) is 2. The van der Waals surface area contributed by atoms with Gasteiger partial charge in [0.25, 0.3) is 5.91 Å². The Morgan fingerprint density at radius 1 is 1.33 bits per heavy atom. The number of rotatable bonds is 4. The lowest BCUT2D eigenvalue weighted by Crippen LogP contribution is -2.50. The van der Waals surface area contributed by atoms with Gasteiger partial charge >= 0.3 is 6.09 Å². The molecular formula is C19H28N2O6. The van der Waals surface area contributed by atoms with Crippen LogP contribution in [0.25, 0.3) is 0 Å². The van der Waals surface area contributed by atoms with Gasteiger partial charge in [0, 0.05) is 13.1 Å². The van der Waals surface area contributed by atoms with Gasteiger partial charge in [0.2, 0.25) is 0 Å². The van der Waals surface area contributed by atoms with E-state index in [0.29, 0.717) is 17.2 Å². The third kappa shape index (κ3) is 6.02. The Kier molecular flexibility index (Phi) is 5.89. The van der Waals surface area contributed by atoms with E-state index in [9.17, 15) is 14.7 Å². The van der Waals surface area contributed by atoms with Crippen LogP contribution in [0.1, 0.15) is 34.6 Å². The molecule has 150 valence electrons. The average molecular weight is 380 g/mol. The first kappa shape index (κ1) is 20.8. The number of nitrogens with one attached hydrogen (secondary N) is 1. The van der Waals surface area contributed by atoms with Gasteiger partial charge in [0.15, 0.2) is 0 Å². The Morgan fingerprint density at radius 2 is 2.00 bits per heavy atom. The number of likely N-dealkylation sites (N-methyl/N-ethyl adjacent to an activating group) is 1. The molecule has 0 aliphatic carbocycles. The largest absolute Gasteiger partial charge is 0.491 e. The quantitative estimate of drug-likeness (QED) is 0.830.